The number of aryl methyl sites for hydroxylation is 1. The van der Waals surface area contributed by atoms with Crippen molar-refractivity contribution in [2.45, 2.75) is 33.6 Å². The normalized spacial score (nSPS) is 10.9. The lowest BCUT2D eigenvalue weighted by molar-refractivity contribution is -0.120. The van der Waals surface area contributed by atoms with Gasteiger partial charge in [-0.2, -0.15) is 0 Å². The van der Waals surface area contributed by atoms with Crippen LogP contribution >= 0.6 is 9.24 Å². The van der Waals surface area contributed by atoms with Crippen molar-refractivity contribution in [1.82, 2.24) is 4.98 Å². The molecular formula is C23H30NO5P. The minimum atomic E-state index is -0.508. The van der Waals surface area contributed by atoms with Crippen LogP contribution in [0.1, 0.15) is 53.6 Å². The molecule has 1 aromatic carbocycles. The van der Waals surface area contributed by atoms with Gasteiger partial charge in [0.25, 0.3) is 0 Å². The minimum Gasteiger partial charge on any atom is -0.462 e. The van der Waals surface area contributed by atoms with Gasteiger partial charge in [0.1, 0.15) is 5.78 Å². The zero-order chi connectivity index (χ0) is 22.4. The maximum absolute atomic E-state index is 11.5. The average Bonchev–Trinajstić information content (AvgIpc) is 2.75. The van der Waals surface area contributed by atoms with Gasteiger partial charge in [-0.25, -0.2) is 9.59 Å². The van der Waals surface area contributed by atoms with Crippen LogP contribution in [0.25, 0.3) is 0 Å². The first-order valence-electron chi connectivity index (χ1n) is 9.98. The molecule has 0 amide bonds. The number of nitrogens with zero attached hydrogens (tertiary/aromatic N) is 1. The van der Waals surface area contributed by atoms with Crippen molar-refractivity contribution in [1.29, 1.82) is 0 Å². The van der Waals surface area contributed by atoms with Gasteiger partial charge >= 0.3 is 11.9 Å². The largest absolute Gasteiger partial charge is 0.462 e. The summed E-state index contributed by atoms with van der Waals surface area (Å²) in [5.41, 5.74) is 1.54. The molecule has 1 aromatic heterocycles. The molecule has 0 spiro atoms. The second-order valence-electron chi connectivity index (χ2n) is 6.39. The molecule has 0 radical (unpaired) electrons. The van der Waals surface area contributed by atoms with Crippen LogP contribution in [0.5, 0.6) is 0 Å². The first kappa shape index (κ1) is 25.4. The lowest BCUT2D eigenvalue weighted by Gasteiger charge is -2.09. The summed E-state index contributed by atoms with van der Waals surface area (Å²) in [5, 5.41) is 0. The summed E-state index contributed by atoms with van der Waals surface area (Å²) in [6.45, 7) is 5.63. The second kappa shape index (κ2) is 14.4. The molecule has 1 heterocycles. The van der Waals surface area contributed by atoms with Crippen molar-refractivity contribution < 1.29 is 23.9 Å². The Morgan fingerprint density at radius 1 is 0.933 bits per heavy atom. The number of pyridine rings is 1. The van der Waals surface area contributed by atoms with Crippen molar-refractivity contribution in [3.63, 3.8) is 0 Å². The molecule has 162 valence electrons. The minimum absolute atomic E-state index is 0.169. The van der Waals surface area contributed by atoms with E-state index < -0.39 is 11.9 Å². The molecule has 30 heavy (non-hydrogen) atoms. The maximum Gasteiger partial charge on any atom is 0.338 e. The van der Waals surface area contributed by atoms with Crippen LogP contribution in [-0.2, 0) is 20.7 Å². The van der Waals surface area contributed by atoms with Crippen LogP contribution in [0.3, 0.4) is 0 Å². The van der Waals surface area contributed by atoms with E-state index in [0.29, 0.717) is 0 Å². The Bertz CT molecular complexity index is 773. The van der Waals surface area contributed by atoms with Crippen LogP contribution in [-0.4, -0.2) is 42.1 Å². The summed E-state index contributed by atoms with van der Waals surface area (Å²) < 4.78 is 9.70. The Kier molecular flexibility index (Phi) is 12.2. The van der Waals surface area contributed by atoms with Crippen LogP contribution in [0.15, 0.2) is 48.7 Å². The number of esters is 2. The summed E-state index contributed by atoms with van der Waals surface area (Å²) in [6.07, 6.45) is 4.43. The lowest BCUT2D eigenvalue weighted by Crippen LogP contribution is -2.13. The second-order valence-corrected chi connectivity index (χ2v) is 6.86. The van der Waals surface area contributed by atoms with Crippen molar-refractivity contribution in [2.75, 3.05) is 19.4 Å². The summed E-state index contributed by atoms with van der Waals surface area (Å²) in [4.78, 5) is 38.5. The quantitative estimate of drug-likeness (QED) is 0.439. The summed E-state index contributed by atoms with van der Waals surface area (Å²) >= 11 is 0. The number of rotatable bonds is 9. The lowest BCUT2D eigenvalue weighted by atomic mass is 10.00. The van der Waals surface area contributed by atoms with E-state index in [-0.39, 0.29) is 36.0 Å². The third kappa shape index (κ3) is 8.83. The fourth-order valence-electron chi connectivity index (χ4n) is 2.61. The average molecular weight is 431 g/mol. The number of ether oxygens (including phenoxy) is 2. The zero-order valence-corrected chi connectivity index (χ0v) is 19.0. The summed E-state index contributed by atoms with van der Waals surface area (Å²) in [6, 6.07) is 12.3. The number of aromatic nitrogens is 1. The standard InChI is InChI=1S/C12H14O4.C11H16NOP/c1-3-15-11(13)9-7-5-6-8-10(9)12(14)16-4-2;1-9(13)10(8-14)5-6-11-4-2-3-7-12-11/h5-8H,3-4H2,1-2H3;2-4,7,10H,5-6,8,14H2,1H3. The first-order chi connectivity index (χ1) is 14.4. The summed E-state index contributed by atoms with van der Waals surface area (Å²) in [5.74, 6) is -0.574. The summed E-state index contributed by atoms with van der Waals surface area (Å²) in [7, 11) is 2.63. The maximum atomic E-state index is 11.5. The topological polar surface area (TPSA) is 82.6 Å². The van der Waals surface area contributed by atoms with Crippen LogP contribution in [0, 0.1) is 5.92 Å². The van der Waals surface area contributed by atoms with Gasteiger partial charge < -0.3 is 9.47 Å². The third-order valence-electron chi connectivity index (χ3n) is 4.25. The van der Waals surface area contributed by atoms with Gasteiger partial charge in [0.05, 0.1) is 24.3 Å². The van der Waals surface area contributed by atoms with Crippen LogP contribution < -0.4 is 0 Å². The van der Waals surface area contributed by atoms with E-state index in [2.05, 4.69) is 14.2 Å². The number of ketones is 1. The smallest absolute Gasteiger partial charge is 0.338 e. The third-order valence-corrected chi connectivity index (χ3v) is 4.82. The number of hydrogen-bond acceptors (Lipinski definition) is 6. The number of benzene rings is 1. The fourth-order valence-corrected chi connectivity index (χ4v) is 3.18. The van der Waals surface area contributed by atoms with Crippen molar-refractivity contribution >= 4 is 27.0 Å². The monoisotopic (exact) mass is 431 g/mol. The molecule has 6 nitrogen and oxygen atoms in total. The predicted octanol–water partition coefficient (Wildman–Crippen LogP) is 4.13. The van der Waals surface area contributed by atoms with Gasteiger partial charge in [-0.15, -0.1) is 9.24 Å². The van der Waals surface area contributed by atoms with E-state index in [1.807, 2.05) is 18.2 Å². The zero-order valence-electron chi connectivity index (χ0n) is 17.8. The first-order valence-corrected chi connectivity index (χ1v) is 10.8. The molecule has 0 aliphatic rings. The Morgan fingerprint density at radius 2 is 1.47 bits per heavy atom. The van der Waals surface area contributed by atoms with Crippen molar-refractivity contribution in [3.05, 3.63) is 65.5 Å². The molecule has 2 atom stereocenters. The number of hydrogen-bond donors (Lipinski definition) is 0. The molecular weight excluding hydrogens is 401 g/mol. The molecule has 0 N–H and O–H groups in total. The molecule has 2 unspecified atom stereocenters. The number of Topliss-reactive ketones (excluding diaryl/α,β-unsaturated/α-hetero) is 1. The van der Waals surface area contributed by atoms with Gasteiger partial charge in [0.15, 0.2) is 0 Å². The van der Waals surface area contributed by atoms with E-state index in [4.69, 9.17) is 9.47 Å². The van der Waals surface area contributed by atoms with E-state index in [0.717, 1.165) is 24.7 Å². The van der Waals surface area contributed by atoms with E-state index in [1.54, 1.807) is 51.2 Å². The molecule has 0 fully saturated rings. The van der Waals surface area contributed by atoms with Gasteiger partial charge in [-0.05, 0) is 64.0 Å². The van der Waals surface area contributed by atoms with Gasteiger partial charge in [-0.3, -0.25) is 9.78 Å². The van der Waals surface area contributed by atoms with Crippen molar-refractivity contribution in [2.24, 2.45) is 5.92 Å². The molecule has 0 bridgehead atoms. The molecule has 2 aromatic rings. The molecule has 0 aliphatic heterocycles. The number of carbonyl (C=O) groups is 3. The molecule has 0 aliphatic carbocycles. The molecule has 0 saturated carbocycles. The fraction of sp³-hybridized carbons (Fsp3) is 0.391. The van der Waals surface area contributed by atoms with Gasteiger partial charge in [-0.1, -0.05) is 18.2 Å². The van der Waals surface area contributed by atoms with E-state index >= 15 is 0 Å². The highest BCUT2D eigenvalue weighted by Crippen LogP contribution is 2.13. The Labute approximate surface area is 180 Å². The predicted molar refractivity (Wildman–Crippen MR) is 120 cm³/mol. The Hall–Kier alpha value is -2.59. The SMILES string of the molecule is CC(=O)C(CP)CCc1ccccn1.CCOC(=O)c1ccccc1C(=O)OCC. The molecule has 7 heteroatoms. The van der Waals surface area contributed by atoms with Crippen LogP contribution in [0.4, 0.5) is 0 Å². The van der Waals surface area contributed by atoms with Crippen LogP contribution in [0.2, 0.25) is 0 Å². The highest BCUT2D eigenvalue weighted by molar-refractivity contribution is 7.16. The Morgan fingerprint density at radius 3 is 1.87 bits per heavy atom. The highest BCUT2D eigenvalue weighted by Gasteiger charge is 2.18. The van der Waals surface area contributed by atoms with Crippen molar-refractivity contribution in [3.8, 4) is 0 Å². The Balaban J connectivity index is 0.000000303. The van der Waals surface area contributed by atoms with Gasteiger partial charge in [0, 0.05) is 17.8 Å². The number of carbonyl (C=O) groups excluding carboxylic acids is 3. The van der Waals surface area contributed by atoms with Gasteiger partial charge in [0.2, 0.25) is 0 Å². The van der Waals surface area contributed by atoms with E-state index in [9.17, 15) is 14.4 Å². The molecule has 2 rings (SSSR count). The van der Waals surface area contributed by atoms with E-state index in [1.165, 1.54) is 0 Å². The highest BCUT2D eigenvalue weighted by atomic mass is 31.0. The molecule has 0 saturated heterocycles.